The number of nitrogens with one attached hydrogen (secondary N) is 2. The molecule has 2 rings (SSSR count). The SMILES string of the molecule is CNC(=O)c1cc(C(=O)Nc2ncc(OC)cc2C)c(C)cc1O. The first-order valence-corrected chi connectivity index (χ1v) is 7.25. The summed E-state index contributed by atoms with van der Waals surface area (Å²) in [6, 6.07) is 4.49. The molecule has 0 fully saturated rings. The molecule has 7 heteroatoms. The van der Waals surface area contributed by atoms with Gasteiger partial charge in [0.1, 0.15) is 17.3 Å². The van der Waals surface area contributed by atoms with Crippen molar-refractivity contribution in [1.29, 1.82) is 0 Å². The summed E-state index contributed by atoms with van der Waals surface area (Å²) < 4.78 is 5.08. The summed E-state index contributed by atoms with van der Waals surface area (Å²) in [5.74, 6) is -0.0798. The first-order valence-electron chi connectivity index (χ1n) is 7.25. The van der Waals surface area contributed by atoms with Crippen LogP contribution in [0.5, 0.6) is 11.5 Å². The maximum Gasteiger partial charge on any atom is 0.257 e. The fourth-order valence-corrected chi connectivity index (χ4v) is 2.22. The minimum absolute atomic E-state index is 0.0349. The average molecular weight is 329 g/mol. The third-order valence-electron chi connectivity index (χ3n) is 3.58. The van der Waals surface area contributed by atoms with Gasteiger partial charge in [-0.15, -0.1) is 0 Å². The molecular weight excluding hydrogens is 310 g/mol. The number of ether oxygens (including phenoxy) is 1. The molecule has 0 saturated carbocycles. The summed E-state index contributed by atoms with van der Waals surface area (Å²) in [6.45, 7) is 3.47. The first-order chi connectivity index (χ1) is 11.4. The first kappa shape index (κ1) is 17.3. The number of phenolic OH excluding ortho intramolecular Hbond substituents is 1. The van der Waals surface area contributed by atoms with E-state index >= 15 is 0 Å². The Morgan fingerprint density at radius 1 is 1.08 bits per heavy atom. The molecule has 0 spiro atoms. The van der Waals surface area contributed by atoms with Crippen molar-refractivity contribution < 1.29 is 19.4 Å². The van der Waals surface area contributed by atoms with Crippen LogP contribution in [-0.2, 0) is 0 Å². The molecule has 7 nitrogen and oxygen atoms in total. The summed E-state index contributed by atoms with van der Waals surface area (Å²) in [6.07, 6.45) is 1.50. The van der Waals surface area contributed by atoms with E-state index < -0.39 is 11.8 Å². The summed E-state index contributed by atoms with van der Waals surface area (Å²) in [4.78, 5) is 28.4. The lowest BCUT2D eigenvalue weighted by Crippen LogP contribution is -2.20. The van der Waals surface area contributed by atoms with E-state index in [1.807, 2.05) is 0 Å². The summed E-state index contributed by atoms with van der Waals surface area (Å²) in [5.41, 5.74) is 1.60. The van der Waals surface area contributed by atoms with Crippen LogP contribution < -0.4 is 15.4 Å². The number of rotatable bonds is 4. The predicted octanol–water partition coefficient (Wildman–Crippen LogP) is 2.02. The Balaban J connectivity index is 2.34. The Labute approximate surface area is 139 Å². The molecule has 3 N–H and O–H groups in total. The second-order valence-corrected chi connectivity index (χ2v) is 5.26. The lowest BCUT2D eigenvalue weighted by atomic mass is 10.0. The monoisotopic (exact) mass is 329 g/mol. The van der Waals surface area contributed by atoms with Crippen molar-refractivity contribution in [3.8, 4) is 11.5 Å². The molecule has 126 valence electrons. The molecule has 0 bridgehead atoms. The van der Waals surface area contributed by atoms with Crippen LogP contribution >= 0.6 is 0 Å². The number of carbonyl (C=O) groups is 2. The van der Waals surface area contributed by atoms with Crippen LogP contribution in [0, 0.1) is 13.8 Å². The van der Waals surface area contributed by atoms with E-state index in [1.54, 1.807) is 19.9 Å². The Morgan fingerprint density at radius 3 is 2.38 bits per heavy atom. The van der Waals surface area contributed by atoms with Crippen molar-refractivity contribution in [2.45, 2.75) is 13.8 Å². The number of hydrogen-bond donors (Lipinski definition) is 3. The summed E-state index contributed by atoms with van der Waals surface area (Å²) in [5, 5.41) is 15.0. The molecule has 0 radical (unpaired) electrons. The topological polar surface area (TPSA) is 101 Å². The van der Waals surface area contributed by atoms with Gasteiger partial charge < -0.3 is 20.5 Å². The molecule has 0 aliphatic rings. The molecule has 1 aromatic heterocycles. The molecule has 24 heavy (non-hydrogen) atoms. The van der Waals surface area contributed by atoms with E-state index in [1.165, 1.54) is 32.5 Å². The second-order valence-electron chi connectivity index (χ2n) is 5.26. The number of aryl methyl sites for hydroxylation is 2. The third-order valence-corrected chi connectivity index (χ3v) is 3.58. The van der Waals surface area contributed by atoms with Crippen LogP contribution in [0.4, 0.5) is 5.82 Å². The molecule has 2 aromatic rings. The molecule has 0 aliphatic heterocycles. The summed E-state index contributed by atoms with van der Waals surface area (Å²) in [7, 11) is 2.99. The number of carbonyl (C=O) groups excluding carboxylic acids is 2. The lowest BCUT2D eigenvalue weighted by Gasteiger charge is -2.12. The van der Waals surface area contributed by atoms with Crippen molar-refractivity contribution >= 4 is 17.6 Å². The number of phenols is 1. The summed E-state index contributed by atoms with van der Waals surface area (Å²) >= 11 is 0. The smallest absolute Gasteiger partial charge is 0.257 e. The largest absolute Gasteiger partial charge is 0.507 e. The predicted molar refractivity (Wildman–Crippen MR) is 89.7 cm³/mol. The van der Waals surface area contributed by atoms with Crippen LogP contribution in [0.2, 0.25) is 0 Å². The molecule has 0 saturated heterocycles. The van der Waals surface area contributed by atoms with Crippen LogP contribution in [0.1, 0.15) is 31.8 Å². The number of benzene rings is 1. The van der Waals surface area contributed by atoms with E-state index in [4.69, 9.17) is 4.74 Å². The number of anilines is 1. The zero-order chi connectivity index (χ0) is 17.9. The number of aromatic hydroxyl groups is 1. The fourth-order valence-electron chi connectivity index (χ4n) is 2.22. The van der Waals surface area contributed by atoms with E-state index in [0.717, 1.165) is 5.56 Å². The highest BCUT2D eigenvalue weighted by Crippen LogP contribution is 2.24. The second kappa shape index (κ2) is 6.99. The van der Waals surface area contributed by atoms with Gasteiger partial charge in [-0.25, -0.2) is 4.98 Å². The molecule has 0 aliphatic carbocycles. The normalized spacial score (nSPS) is 10.2. The van der Waals surface area contributed by atoms with Gasteiger partial charge in [0.15, 0.2) is 0 Å². The molecule has 0 unspecified atom stereocenters. The zero-order valence-corrected chi connectivity index (χ0v) is 13.9. The number of aromatic nitrogens is 1. The lowest BCUT2D eigenvalue weighted by molar-refractivity contribution is 0.0960. The van der Waals surface area contributed by atoms with E-state index in [0.29, 0.717) is 17.1 Å². The van der Waals surface area contributed by atoms with Crippen molar-refractivity contribution in [1.82, 2.24) is 10.3 Å². The van der Waals surface area contributed by atoms with Crippen LogP contribution in [0.25, 0.3) is 0 Å². The van der Waals surface area contributed by atoms with Gasteiger partial charge in [0.2, 0.25) is 0 Å². The van der Waals surface area contributed by atoms with E-state index in [-0.39, 0.29) is 16.9 Å². The standard InChI is InChI=1S/C17H19N3O4/c1-9-6-14(21)13(16(22)18-3)7-12(9)17(23)20-15-10(2)5-11(24-4)8-19-15/h5-8,21H,1-4H3,(H,18,22)(H,19,20,23). The van der Waals surface area contributed by atoms with Gasteiger partial charge in [-0.3, -0.25) is 9.59 Å². The average Bonchev–Trinajstić information content (AvgIpc) is 2.55. The van der Waals surface area contributed by atoms with Crippen molar-refractivity contribution in [2.75, 3.05) is 19.5 Å². The van der Waals surface area contributed by atoms with Crippen LogP contribution in [-0.4, -0.2) is 36.1 Å². The molecular formula is C17H19N3O4. The van der Waals surface area contributed by atoms with Gasteiger partial charge in [-0.05, 0) is 43.2 Å². The number of amides is 2. The molecule has 0 atom stereocenters. The molecule has 1 aromatic carbocycles. The van der Waals surface area contributed by atoms with Gasteiger partial charge in [0.05, 0.1) is 18.9 Å². The van der Waals surface area contributed by atoms with Crippen molar-refractivity contribution in [3.05, 3.63) is 46.6 Å². The van der Waals surface area contributed by atoms with Gasteiger partial charge >= 0.3 is 0 Å². The quantitative estimate of drug-likeness (QED) is 0.797. The Morgan fingerprint density at radius 2 is 1.79 bits per heavy atom. The molecule has 1 heterocycles. The third kappa shape index (κ3) is 3.45. The van der Waals surface area contributed by atoms with Crippen molar-refractivity contribution in [3.63, 3.8) is 0 Å². The van der Waals surface area contributed by atoms with Crippen LogP contribution in [0.15, 0.2) is 24.4 Å². The van der Waals surface area contributed by atoms with E-state index in [2.05, 4.69) is 15.6 Å². The number of nitrogens with zero attached hydrogens (tertiary/aromatic N) is 1. The van der Waals surface area contributed by atoms with Crippen molar-refractivity contribution in [2.24, 2.45) is 0 Å². The highest BCUT2D eigenvalue weighted by molar-refractivity contribution is 6.07. The number of methoxy groups -OCH3 is 1. The Kier molecular flexibility index (Phi) is 5.03. The Bertz CT molecular complexity index is 803. The maximum absolute atomic E-state index is 12.5. The number of hydrogen-bond acceptors (Lipinski definition) is 5. The number of pyridine rings is 1. The van der Waals surface area contributed by atoms with Crippen LogP contribution in [0.3, 0.4) is 0 Å². The maximum atomic E-state index is 12.5. The minimum atomic E-state index is -0.472. The molecule has 2 amide bonds. The van der Waals surface area contributed by atoms with Gasteiger partial charge in [-0.1, -0.05) is 0 Å². The highest BCUT2D eigenvalue weighted by atomic mass is 16.5. The van der Waals surface area contributed by atoms with Gasteiger partial charge in [0, 0.05) is 12.6 Å². The minimum Gasteiger partial charge on any atom is -0.507 e. The fraction of sp³-hybridized carbons (Fsp3) is 0.235. The van der Waals surface area contributed by atoms with Gasteiger partial charge in [-0.2, -0.15) is 0 Å². The Hall–Kier alpha value is -3.09. The van der Waals surface area contributed by atoms with E-state index in [9.17, 15) is 14.7 Å². The van der Waals surface area contributed by atoms with Gasteiger partial charge in [0.25, 0.3) is 11.8 Å². The zero-order valence-electron chi connectivity index (χ0n) is 13.9. The highest BCUT2D eigenvalue weighted by Gasteiger charge is 2.18.